The molecule has 0 fully saturated rings. The summed E-state index contributed by atoms with van der Waals surface area (Å²) in [7, 11) is 0. The molecule has 0 N–H and O–H groups in total. The fourth-order valence-electron chi connectivity index (χ4n) is 2.81. The van der Waals surface area contributed by atoms with Crippen molar-refractivity contribution in [2.45, 2.75) is 31.9 Å². The first kappa shape index (κ1) is 18.6. The van der Waals surface area contributed by atoms with E-state index in [1.807, 2.05) is 0 Å². The monoisotopic (exact) mass is 379 g/mol. The largest absolute Gasteiger partial charge is 0.451 e. The van der Waals surface area contributed by atoms with Gasteiger partial charge in [-0.25, -0.2) is 14.4 Å². The zero-order valence-corrected chi connectivity index (χ0v) is 13.1. The Kier molecular flexibility index (Phi) is 4.63. The van der Waals surface area contributed by atoms with Crippen LogP contribution in [0.15, 0.2) is 24.4 Å². The van der Waals surface area contributed by atoms with E-state index in [1.54, 1.807) is 4.90 Å². The third-order valence-electron chi connectivity index (χ3n) is 4.04. The highest BCUT2D eigenvalue weighted by atomic mass is 19.4. The van der Waals surface area contributed by atoms with E-state index in [9.17, 15) is 30.7 Å². The number of nitrogens with zero attached hydrogens (tertiary/aromatic N) is 3. The predicted octanol–water partition coefficient (Wildman–Crippen LogP) is 4.21. The molecule has 0 saturated heterocycles. The molecule has 26 heavy (non-hydrogen) atoms. The van der Waals surface area contributed by atoms with Crippen molar-refractivity contribution in [3.63, 3.8) is 0 Å². The Bertz CT molecular complexity index is 814. The predicted molar refractivity (Wildman–Crippen MR) is 76.3 cm³/mol. The topological polar surface area (TPSA) is 29.0 Å². The van der Waals surface area contributed by atoms with Crippen LogP contribution in [0.1, 0.15) is 28.2 Å². The first-order chi connectivity index (χ1) is 12.1. The Morgan fingerprint density at radius 1 is 1.04 bits per heavy atom. The van der Waals surface area contributed by atoms with Crippen molar-refractivity contribution >= 4 is 0 Å². The Morgan fingerprint density at radius 2 is 1.77 bits per heavy atom. The zero-order valence-electron chi connectivity index (χ0n) is 13.1. The fraction of sp³-hybridized carbons (Fsp3) is 0.375. The van der Waals surface area contributed by atoms with Gasteiger partial charge in [0, 0.05) is 43.4 Å². The van der Waals surface area contributed by atoms with Gasteiger partial charge >= 0.3 is 12.4 Å². The number of alkyl halides is 6. The lowest BCUT2D eigenvalue weighted by atomic mass is 10.0. The van der Waals surface area contributed by atoms with E-state index in [-0.39, 0.29) is 37.3 Å². The quantitative estimate of drug-likeness (QED) is 0.732. The lowest BCUT2D eigenvalue weighted by Crippen LogP contribution is -2.32. The molecule has 0 radical (unpaired) electrons. The third kappa shape index (κ3) is 3.79. The van der Waals surface area contributed by atoms with Crippen LogP contribution in [0, 0.1) is 5.82 Å². The number of hydrogen-bond acceptors (Lipinski definition) is 3. The second kappa shape index (κ2) is 6.49. The number of rotatable bonds is 2. The normalized spacial score (nSPS) is 15.8. The Hall–Kier alpha value is -2.23. The number of hydrogen-bond donors (Lipinski definition) is 0. The van der Waals surface area contributed by atoms with E-state index in [0.717, 1.165) is 12.3 Å². The highest BCUT2D eigenvalue weighted by molar-refractivity contribution is 5.29. The summed E-state index contributed by atoms with van der Waals surface area (Å²) >= 11 is 0. The second-order valence-electron chi connectivity index (χ2n) is 5.90. The van der Waals surface area contributed by atoms with Gasteiger partial charge in [0.15, 0.2) is 0 Å². The summed E-state index contributed by atoms with van der Waals surface area (Å²) < 4.78 is 90.3. The van der Waals surface area contributed by atoms with E-state index in [4.69, 9.17) is 0 Å². The molecule has 0 atom stereocenters. The van der Waals surface area contributed by atoms with Crippen molar-refractivity contribution in [2.75, 3.05) is 6.54 Å². The van der Waals surface area contributed by atoms with Gasteiger partial charge in [-0.2, -0.15) is 26.3 Å². The standard InChI is InChI=1S/C16H12F7N3/c17-13-9(2-1-3-11(13)15(18,19)20)7-26-5-4-12-10(8-26)6-24-14(25-12)16(21,22)23/h1-3,6H,4-5,7-8H2. The maximum absolute atomic E-state index is 14.1. The van der Waals surface area contributed by atoms with Crippen molar-refractivity contribution in [3.05, 3.63) is 58.4 Å². The molecule has 3 rings (SSSR count). The van der Waals surface area contributed by atoms with Crippen LogP contribution in [0.3, 0.4) is 0 Å². The average molecular weight is 379 g/mol. The summed E-state index contributed by atoms with van der Waals surface area (Å²) in [5.74, 6) is -2.57. The molecule has 1 aromatic heterocycles. The fourth-order valence-corrected chi connectivity index (χ4v) is 2.81. The van der Waals surface area contributed by atoms with Crippen LogP contribution in [0.2, 0.25) is 0 Å². The summed E-state index contributed by atoms with van der Waals surface area (Å²) in [6.07, 6.45) is -8.22. The number of halogens is 7. The van der Waals surface area contributed by atoms with Gasteiger partial charge in [0.1, 0.15) is 5.82 Å². The second-order valence-corrected chi connectivity index (χ2v) is 5.90. The molecular weight excluding hydrogens is 367 g/mol. The van der Waals surface area contributed by atoms with Crippen LogP contribution >= 0.6 is 0 Å². The molecular formula is C16H12F7N3. The van der Waals surface area contributed by atoms with Crippen molar-refractivity contribution in [3.8, 4) is 0 Å². The molecule has 0 spiro atoms. The van der Waals surface area contributed by atoms with Crippen molar-refractivity contribution < 1.29 is 30.7 Å². The van der Waals surface area contributed by atoms with Crippen LogP contribution in [-0.2, 0) is 31.9 Å². The first-order valence-corrected chi connectivity index (χ1v) is 7.54. The molecule has 1 aliphatic heterocycles. The minimum atomic E-state index is -4.80. The molecule has 140 valence electrons. The Balaban J connectivity index is 1.79. The van der Waals surface area contributed by atoms with Gasteiger partial charge in [0.25, 0.3) is 0 Å². The minimum absolute atomic E-state index is 0.101. The van der Waals surface area contributed by atoms with Gasteiger partial charge in [-0.15, -0.1) is 0 Å². The Labute approximate surface area is 143 Å². The van der Waals surface area contributed by atoms with Crippen molar-refractivity contribution in [1.29, 1.82) is 0 Å². The summed E-state index contributed by atoms with van der Waals surface area (Å²) in [5.41, 5.74) is -0.786. The Morgan fingerprint density at radius 3 is 2.42 bits per heavy atom. The highest BCUT2D eigenvalue weighted by Crippen LogP contribution is 2.33. The third-order valence-corrected chi connectivity index (χ3v) is 4.04. The van der Waals surface area contributed by atoms with Crippen molar-refractivity contribution in [2.24, 2.45) is 0 Å². The lowest BCUT2D eigenvalue weighted by molar-refractivity contribution is -0.145. The molecule has 2 heterocycles. The number of fused-ring (bicyclic) bond motifs is 1. The molecule has 2 aromatic rings. The first-order valence-electron chi connectivity index (χ1n) is 7.54. The molecule has 1 aliphatic rings. The van der Waals surface area contributed by atoms with Gasteiger partial charge in [0.05, 0.1) is 11.3 Å². The van der Waals surface area contributed by atoms with Crippen LogP contribution in [0.5, 0.6) is 0 Å². The summed E-state index contributed by atoms with van der Waals surface area (Å²) in [6, 6.07) is 3.04. The lowest BCUT2D eigenvalue weighted by Gasteiger charge is -2.28. The summed E-state index contributed by atoms with van der Waals surface area (Å²) in [4.78, 5) is 8.42. The number of benzene rings is 1. The molecule has 3 nitrogen and oxygen atoms in total. The zero-order chi connectivity index (χ0) is 19.1. The van der Waals surface area contributed by atoms with Crippen LogP contribution < -0.4 is 0 Å². The van der Waals surface area contributed by atoms with Crippen molar-refractivity contribution in [1.82, 2.24) is 14.9 Å². The van der Waals surface area contributed by atoms with Crippen LogP contribution in [-0.4, -0.2) is 21.4 Å². The average Bonchev–Trinajstić information content (AvgIpc) is 2.54. The van der Waals surface area contributed by atoms with Gasteiger partial charge in [-0.1, -0.05) is 12.1 Å². The van der Waals surface area contributed by atoms with E-state index >= 15 is 0 Å². The van der Waals surface area contributed by atoms with Gasteiger partial charge in [-0.3, -0.25) is 4.90 Å². The summed E-state index contributed by atoms with van der Waals surface area (Å²) in [6.45, 7) is 0.274. The smallest absolute Gasteiger partial charge is 0.294 e. The highest BCUT2D eigenvalue weighted by Gasteiger charge is 2.36. The van der Waals surface area contributed by atoms with E-state index in [2.05, 4.69) is 9.97 Å². The van der Waals surface area contributed by atoms with Crippen LogP contribution in [0.4, 0.5) is 30.7 Å². The molecule has 10 heteroatoms. The maximum Gasteiger partial charge on any atom is 0.451 e. The molecule has 0 aliphatic carbocycles. The van der Waals surface area contributed by atoms with Gasteiger partial charge in [0.2, 0.25) is 5.82 Å². The summed E-state index contributed by atoms with van der Waals surface area (Å²) in [5, 5.41) is 0. The van der Waals surface area contributed by atoms with E-state index < -0.39 is 29.6 Å². The van der Waals surface area contributed by atoms with Crippen LogP contribution in [0.25, 0.3) is 0 Å². The molecule has 0 unspecified atom stereocenters. The molecule has 1 aromatic carbocycles. The molecule has 0 saturated carbocycles. The molecule has 0 amide bonds. The maximum atomic E-state index is 14.1. The number of aromatic nitrogens is 2. The molecule has 0 bridgehead atoms. The van der Waals surface area contributed by atoms with E-state index in [0.29, 0.717) is 11.6 Å². The van der Waals surface area contributed by atoms with Gasteiger partial charge < -0.3 is 0 Å². The van der Waals surface area contributed by atoms with Gasteiger partial charge in [-0.05, 0) is 6.07 Å². The minimum Gasteiger partial charge on any atom is -0.294 e. The van der Waals surface area contributed by atoms with E-state index in [1.165, 1.54) is 6.07 Å². The SMILES string of the molecule is Fc1c(CN2CCc3nc(C(F)(F)F)ncc3C2)cccc1C(F)(F)F.